The van der Waals surface area contributed by atoms with Crippen LogP contribution in [0.5, 0.6) is 23.0 Å². The Bertz CT molecular complexity index is 1510. The predicted octanol–water partition coefficient (Wildman–Crippen LogP) is 4.63. The van der Waals surface area contributed by atoms with E-state index < -0.39 is 0 Å². The molecular formula is C27H16BNO2. The summed E-state index contributed by atoms with van der Waals surface area (Å²) in [6.07, 6.45) is 1.93. The second-order valence-electron chi connectivity index (χ2n) is 7.98. The first-order valence-corrected chi connectivity index (χ1v) is 10.4. The topological polar surface area (TPSA) is 31.4 Å². The van der Waals surface area contributed by atoms with Crippen LogP contribution in [0.4, 0.5) is 0 Å². The molecule has 5 aromatic rings. The molecule has 0 N–H and O–H groups in total. The lowest BCUT2D eigenvalue weighted by atomic mass is 9.34. The van der Waals surface area contributed by atoms with Gasteiger partial charge >= 0.3 is 0 Å². The summed E-state index contributed by atoms with van der Waals surface area (Å²) in [5, 5.41) is 2.30. The van der Waals surface area contributed by atoms with Crippen LogP contribution in [-0.4, -0.2) is 11.7 Å². The van der Waals surface area contributed by atoms with Gasteiger partial charge in [0.2, 0.25) is 0 Å². The summed E-state index contributed by atoms with van der Waals surface area (Å²) in [7, 11) is 0. The first-order chi connectivity index (χ1) is 15.4. The Balaban J connectivity index is 1.49. The molecule has 0 unspecified atom stereocenters. The van der Waals surface area contributed by atoms with Crippen LogP contribution < -0.4 is 25.9 Å². The molecule has 31 heavy (non-hydrogen) atoms. The van der Waals surface area contributed by atoms with Crippen LogP contribution in [0.1, 0.15) is 0 Å². The van der Waals surface area contributed by atoms with Crippen LogP contribution >= 0.6 is 0 Å². The normalized spacial score (nSPS) is 13.0. The smallest absolute Gasteiger partial charge is 0.260 e. The molecule has 2 aliphatic heterocycles. The molecule has 3 heterocycles. The van der Waals surface area contributed by atoms with E-state index >= 15 is 0 Å². The van der Waals surface area contributed by atoms with E-state index in [-0.39, 0.29) is 6.71 Å². The van der Waals surface area contributed by atoms with E-state index in [1.807, 2.05) is 42.6 Å². The first-order valence-electron chi connectivity index (χ1n) is 10.4. The monoisotopic (exact) mass is 397 g/mol. The average Bonchev–Trinajstić information content (AvgIpc) is 2.83. The van der Waals surface area contributed by atoms with Gasteiger partial charge in [0.25, 0.3) is 6.71 Å². The zero-order valence-corrected chi connectivity index (χ0v) is 16.6. The van der Waals surface area contributed by atoms with E-state index in [0.717, 1.165) is 56.0 Å². The number of pyridine rings is 1. The van der Waals surface area contributed by atoms with Crippen molar-refractivity contribution in [1.29, 1.82) is 0 Å². The van der Waals surface area contributed by atoms with Crippen molar-refractivity contribution < 1.29 is 9.47 Å². The van der Waals surface area contributed by atoms with E-state index in [4.69, 9.17) is 14.5 Å². The molecular weight excluding hydrogens is 381 g/mol. The molecule has 0 atom stereocenters. The van der Waals surface area contributed by atoms with Crippen LogP contribution in [0, 0.1) is 0 Å². The van der Waals surface area contributed by atoms with Gasteiger partial charge in [0.15, 0.2) is 0 Å². The third-order valence-corrected chi connectivity index (χ3v) is 6.24. The quantitative estimate of drug-likeness (QED) is 0.379. The lowest BCUT2D eigenvalue weighted by Gasteiger charge is -2.33. The number of hydrogen-bond donors (Lipinski definition) is 0. The van der Waals surface area contributed by atoms with Crippen molar-refractivity contribution in [1.82, 2.24) is 4.98 Å². The van der Waals surface area contributed by atoms with Gasteiger partial charge in [-0.25, -0.2) is 0 Å². The van der Waals surface area contributed by atoms with Gasteiger partial charge in [-0.05, 0) is 46.6 Å². The summed E-state index contributed by atoms with van der Waals surface area (Å²) in [6.45, 7) is 0.0697. The minimum atomic E-state index is 0.0697. The zero-order valence-electron chi connectivity index (χ0n) is 16.6. The molecule has 3 nitrogen and oxygen atoms in total. The number of para-hydroxylation sites is 2. The molecule has 0 spiro atoms. The third kappa shape index (κ3) is 2.39. The second kappa shape index (κ2) is 6.23. The lowest BCUT2D eigenvalue weighted by molar-refractivity contribution is 0.465. The Kier molecular flexibility index (Phi) is 3.36. The lowest BCUT2D eigenvalue weighted by Crippen LogP contribution is -2.57. The molecule has 7 rings (SSSR count). The van der Waals surface area contributed by atoms with Crippen molar-refractivity contribution in [3.05, 3.63) is 97.2 Å². The third-order valence-electron chi connectivity index (χ3n) is 6.24. The van der Waals surface area contributed by atoms with Gasteiger partial charge in [-0.2, -0.15) is 0 Å². The van der Waals surface area contributed by atoms with Gasteiger partial charge in [-0.15, -0.1) is 0 Å². The number of fused-ring (bicyclic) bond motifs is 5. The van der Waals surface area contributed by atoms with E-state index in [0.29, 0.717) is 0 Å². The van der Waals surface area contributed by atoms with E-state index in [2.05, 4.69) is 54.6 Å². The van der Waals surface area contributed by atoms with Crippen LogP contribution in [-0.2, 0) is 0 Å². The van der Waals surface area contributed by atoms with E-state index in [1.165, 1.54) is 5.39 Å². The highest BCUT2D eigenvalue weighted by molar-refractivity contribution is 6.98. The van der Waals surface area contributed by atoms with Crippen molar-refractivity contribution in [2.75, 3.05) is 0 Å². The Labute approximate surface area is 180 Å². The van der Waals surface area contributed by atoms with Crippen LogP contribution in [0.3, 0.4) is 0 Å². The number of ether oxygens (including phenoxy) is 2. The number of benzene rings is 4. The highest BCUT2D eigenvalue weighted by atomic mass is 16.5. The molecule has 0 aliphatic carbocycles. The van der Waals surface area contributed by atoms with Crippen molar-refractivity contribution in [2.45, 2.75) is 0 Å². The predicted molar refractivity (Wildman–Crippen MR) is 125 cm³/mol. The van der Waals surface area contributed by atoms with Crippen LogP contribution in [0.15, 0.2) is 97.2 Å². The first kappa shape index (κ1) is 16.7. The van der Waals surface area contributed by atoms with E-state index in [1.54, 1.807) is 0 Å². The summed E-state index contributed by atoms with van der Waals surface area (Å²) in [6, 6.07) is 31.1. The number of rotatable bonds is 1. The summed E-state index contributed by atoms with van der Waals surface area (Å²) in [5.74, 6) is 3.48. The van der Waals surface area contributed by atoms with Gasteiger partial charge in [0, 0.05) is 22.6 Å². The second-order valence-corrected chi connectivity index (χ2v) is 7.98. The molecule has 2 aliphatic rings. The molecule has 0 amide bonds. The van der Waals surface area contributed by atoms with Gasteiger partial charge in [-0.1, -0.05) is 60.7 Å². The number of hydrogen-bond acceptors (Lipinski definition) is 3. The number of nitrogens with zero attached hydrogens (tertiary/aromatic N) is 1. The van der Waals surface area contributed by atoms with Crippen molar-refractivity contribution in [3.63, 3.8) is 0 Å². The molecule has 0 fully saturated rings. The fraction of sp³-hybridized carbons (Fsp3) is 0. The highest BCUT2D eigenvalue weighted by Gasteiger charge is 2.40. The number of aromatic nitrogens is 1. The summed E-state index contributed by atoms with van der Waals surface area (Å²) in [5.41, 5.74) is 5.31. The molecule has 1 aromatic heterocycles. The van der Waals surface area contributed by atoms with Crippen LogP contribution in [0.25, 0.3) is 22.0 Å². The standard InChI is InChI=1S/C27H16BNO2/c1-2-8-18-16-29-22(15-17(18)7-1)19-9-5-11-21-27(19)31-25-14-6-13-24-26(25)28(21)20-10-3-4-12-23(20)30-24/h1-16H. The van der Waals surface area contributed by atoms with Crippen LogP contribution in [0.2, 0.25) is 0 Å². The minimum absolute atomic E-state index is 0.0697. The molecule has 0 saturated heterocycles. The largest absolute Gasteiger partial charge is 0.458 e. The van der Waals surface area contributed by atoms with Crippen molar-refractivity contribution in [3.8, 4) is 34.3 Å². The Morgan fingerprint density at radius 3 is 2.26 bits per heavy atom. The molecule has 144 valence electrons. The Hall–Kier alpha value is -4.05. The molecule has 4 aromatic carbocycles. The maximum atomic E-state index is 6.52. The SMILES string of the molecule is c1ccc2c(c1)Oc1cccc3c1B2c1cccc(-c2cc4ccccc4cn2)c1O3. The fourth-order valence-electron chi connectivity index (χ4n) is 4.83. The average molecular weight is 397 g/mol. The summed E-state index contributed by atoms with van der Waals surface area (Å²) < 4.78 is 12.7. The van der Waals surface area contributed by atoms with Crippen molar-refractivity contribution >= 4 is 33.9 Å². The minimum Gasteiger partial charge on any atom is -0.458 e. The highest BCUT2D eigenvalue weighted by Crippen LogP contribution is 2.38. The fourth-order valence-corrected chi connectivity index (χ4v) is 4.83. The Morgan fingerprint density at radius 2 is 1.32 bits per heavy atom. The summed E-state index contributed by atoms with van der Waals surface area (Å²) in [4.78, 5) is 4.76. The van der Waals surface area contributed by atoms with Gasteiger partial charge in [0.1, 0.15) is 23.0 Å². The molecule has 0 saturated carbocycles. The van der Waals surface area contributed by atoms with E-state index in [9.17, 15) is 0 Å². The molecule has 0 radical (unpaired) electrons. The molecule has 0 bridgehead atoms. The summed E-state index contributed by atoms with van der Waals surface area (Å²) >= 11 is 0. The van der Waals surface area contributed by atoms with Gasteiger partial charge in [0.05, 0.1) is 5.69 Å². The zero-order chi connectivity index (χ0) is 20.4. The van der Waals surface area contributed by atoms with Crippen molar-refractivity contribution in [2.24, 2.45) is 0 Å². The molecule has 4 heteroatoms. The Morgan fingerprint density at radius 1 is 0.613 bits per heavy atom. The van der Waals surface area contributed by atoms with Gasteiger partial charge < -0.3 is 9.47 Å². The maximum Gasteiger partial charge on any atom is 0.260 e. The maximum absolute atomic E-state index is 6.52. The van der Waals surface area contributed by atoms with Gasteiger partial charge in [-0.3, -0.25) is 4.98 Å².